The van der Waals surface area contributed by atoms with E-state index in [1.807, 2.05) is 19.1 Å². The fraction of sp³-hybridized carbons (Fsp3) is 0.583. The van der Waals surface area contributed by atoms with Crippen molar-refractivity contribution in [2.45, 2.75) is 50.3 Å². The van der Waals surface area contributed by atoms with Gasteiger partial charge in [0.1, 0.15) is 5.70 Å². The lowest BCUT2D eigenvalue weighted by molar-refractivity contribution is -0.163. The summed E-state index contributed by atoms with van der Waals surface area (Å²) in [7, 11) is -0.806. The first-order chi connectivity index (χ1) is 17.9. The zero-order chi connectivity index (χ0) is 27.9. The summed E-state index contributed by atoms with van der Waals surface area (Å²) in [6, 6.07) is 4.92. The Balaban J connectivity index is 1.59. The minimum Gasteiger partial charge on any atom is -0.493 e. The van der Waals surface area contributed by atoms with Gasteiger partial charge in [0.05, 0.1) is 32.3 Å². The number of nitrogens with one attached hydrogen (secondary N) is 1. The number of para-hydroxylation sites is 1. The van der Waals surface area contributed by atoms with Gasteiger partial charge in [-0.2, -0.15) is 8.42 Å². The molecule has 5 N–H and O–H groups in total. The Bertz CT molecular complexity index is 1240. The molecule has 0 saturated carbocycles. The number of carbonyl (C=O) groups excluding carboxylic acids is 1. The molecule has 4 rings (SSSR count). The number of nitrogens with zero attached hydrogens (tertiary/aromatic N) is 2. The Morgan fingerprint density at radius 3 is 2.61 bits per heavy atom. The first-order valence-electron chi connectivity index (χ1n) is 12.2. The lowest BCUT2D eigenvalue weighted by Crippen LogP contribution is -2.63. The molecular formula is C24H34N4O8S2. The SMILES string of the molecule is COc1cccc(CN2C[C@@H](SC3=C(C(=O)O)N4C(=O)[C@H]([C@@H](C)O)[C@H]4[C@H]3C)C[C@H]2CNS(N)(=O)=O)c1OC. The first-order valence-corrected chi connectivity index (χ1v) is 14.7. The Morgan fingerprint density at radius 1 is 1.32 bits per heavy atom. The van der Waals surface area contributed by atoms with Gasteiger partial charge in [-0.3, -0.25) is 9.69 Å². The number of benzene rings is 1. The van der Waals surface area contributed by atoms with Crippen LogP contribution in [-0.4, -0.2) is 91.1 Å². The number of β-lactam (4-membered cyclic amide) rings is 1. The number of carbonyl (C=O) groups is 2. The number of aliphatic hydroxyl groups excluding tert-OH is 1. The molecule has 210 valence electrons. The van der Waals surface area contributed by atoms with Crippen molar-refractivity contribution in [3.8, 4) is 11.5 Å². The second kappa shape index (κ2) is 11.0. The van der Waals surface area contributed by atoms with E-state index in [4.69, 9.17) is 14.6 Å². The highest BCUT2D eigenvalue weighted by molar-refractivity contribution is 8.03. The van der Waals surface area contributed by atoms with Gasteiger partial charge in [-0.05, 0) is 19.4 Å². The summed E-state index contributed by atoms with van der Waals surface area (Å²) < 4.78 is 36.6. The monoisotopic (exact) mass is 570 g/mol. The predicted molar refractivity (Wildman–Crippen MR) is 140 cm³/mol. The molecule has 3 aliphatic rings. The van der Waals surface area contributed by atoms with E-state index >= 15 is 0 Å². The Labute approximate surface area is 226 Å². The van der Waals surface area contributed by atoms with E-state index in [-0.39, 0.29) is 35.4 Å². The molecule has 2 fully saturated rings. The number of methoxy groups -OCH3 is 2. The lowest BCUT2D eigenvalue weighted by Gasteiger charge is -2.46. The van der Waals surface area contributed by atoms with E-state index in [1.165, 1.54) is 16.7 Å². The number of carboxylic acids is 1. The van der Waals surface area contributed by atoms with Gasteiger partial charge in [-0.15, -0.1) is 11.8 Å². The number of hydrogen-bond donors (Lipinski definition) is 4. The van der Waals surface area contributed by atoms with Crippen molar-refractivity contribution >= 4 is 33.8 Å². The van der Waals surface area contributed by atoms with Crippen molar-refractivity contribution in [1.82, 2.24) is 14.5 Å². The molecule has 0 bridgehead atoms. The van der Waals surface area contributed by atoms with E-state index in [9.17, 15) is 28.2 Å². The minimum absolute atomic E-state index is 0.0264. The van der Waals surface area contributed by atoms with Crippen LogP contribution >= 0.6 is 11.8 Å². The molecule has 0 radical (unpaired) electrons. The van der Waals surface area contributed by atoms with Crippen molar-refractivity contribution < 1.29 is 37.7 Å². The summed E-state index contributed by atoms with van der Waals surface area (Å²) in [4.78, 5) is 28.9. The van der Waals surface area contributed by atoms with E-state index < -0.39 is 34.2 Å². The van der Waals surface area contributed by atoms with Crippen molar-refractivity contribution in [2.75, 3.05) is 27.3 Å². The Morgan fingerprint density at radius 2 is 2.03 bits per heavy atom. The standard InChI is InChI=1S/C24H34N4O8S2/c1-12-19-18(13(2)29)23(30)28(19)20(24(31)32)22(12)37-16-8-15(9-26-38(25,33)34)27(11-16)10-14-6-5-7-17(35-3)21(14)36-4/h5-7,12-13,15-16,18-19,26,29H,8-11H2,1-4H3,(H,31,32)(H2,25,33,34)/t12-,13-,15+,16+,18-,19-/m1/s1. The van der Waals surface area contributed by atoms with E-state index in [0.29, 0.717) is 35.9 Å². The number of aliphatic carboxylic acids is 1. The zero-order valence-electron chi connectivity index (χ0n) is 21.7. The van der Waals surface area contributed by atoms with Gasteiger partial charge in [0.2, 0.25) is 5.91 Å². The number of amides is 1. The fourth-order valence-electron chi connectivity index (χ4n) is 5.80. The minimum atomic E-state index is -3.91. The number of nitrogens with two attached hydrogens (primary N) is 1. The Hall–Kier alpha value is -2.36. The number of likely N-dealkylation sites (tertiary alicyclic amines) is 1. The topological polar surface area (TPSA) is 172 Å². The summed E-state index contributed by atoms with van der Waals surface area (Å²) in [5.74, 6) is -1.29. The van der Waals surface area contributed by atoms with Crippen molar-refractivity contribution in [3.63, 3.8) is 0 Å². The molecule has 38 heavy (non-hydrogen) atoms. The highest BCUT2D eigenvalue weighted by Gasteiger charge is 2.60. The van der Waals surface area contributed by atoms with Crippen LogP contribution in [0.15, 0.2) is 28.8 Å². The average molecular weight is 571 g/mol. The van der Waals surface area contributed by atoms with E-state index in [1.54, 1.807) is 27.2 Å². The smallest absolute Gasteiger partial charge is 0.353 e. The highest BCUT2D eigenvalue weighted by atomic mass is 32.2. The fourth-order valence-corrected chi connectivity index (χ4v) is 7.82. The summed E-state index contributed by atoms with van der Waals surface area (Å²) in [6.45, 7) is 4.48. The largest absolute Gasteiger partial charge is 0.493 e. The number of thioether (sulfide) groups is 1. The van der Waals surface area contributed by atoms with Crippen LogP contribution in [0.3, 0.4) is 0 Å². The Kier molecular flexibility index (Phi) is 8.31. The maximum atomic E-state index is 12.7. The van der Waals surface area contributed by atoms with Crippen molar-refractivity contribution in [3.05, 3.63) is 34.4 Å². The van der Waals surface area contributed by atoms with Crippen LogP contribution in [-0.2, 0) is 26.3 Å². The molecule has 1 amide bonds. The summed E-state index contributed by atoms with van der Waals surface area (Å²) in [5, 5.41) is 25.2. The van der Waals surface area contributed by atoms with Gasteiger partial charge in [0.15, 0.2) is 11.5 Å². The number of fused-ring (bicyclic) bond motifs is 1. The van der Waals surface area contributed by atoms with Gasteiger partial charge in [0.25, 0.3) is 10.2 Å². The number of aliphatic hydroxyl groups is 1. The second-order valence-electron chi connectivity index (χ2n) is 9.88. The van der Waals surface area contributed by atoms with Crippen LogP contribution < -0.4 is 19.3 Å². The molecule has 6 atom stereocenters. The molecule has 1 aromatic carbocycles. The van der Waals surface area contributed by atoms with Gasteiger partial charge < -0.3 is 24.6 Å². The number of carboxylic acid groups (broad SMARTS) is 1. The van der Waals surface area contributed by atoms with Crippen LogP contribution in [0.2, 0.25) is 0 Å². The summed E-state index contributed by atoms with van der Waals surface area (Å²) in [6.07, 6.45) is -0.319. The van der Waals surface area contributed by atoms with Crippen LogP contribution in [0.25, 0.3) is 0 Å². The third-order valence-electron chi connectivity index (χ3n) is 7.47. The first kappa shape index (κ1) is 28.6. The molecule has 0 aliphatic carbocycles. The number of rotatable bonds is 11. The third-order valence-corrected chi connectivity index (χ3v) is 9.54. The van der Waals surface area contributed by atoms with E-state index in [2.05, 4.69) is 9.62 Å². The number of hydrogen-bond acceptors (Lipinski definition) is 9. The summed E-state index contributed by atoms with van der Waals surface area (Å²) in [5.41, 5.74) is 0.828. The van der Waals surface area contributed by atoms with Crippen LogP contribution in [0.4, 0.5) is 0 Å². The maximum absolute atomic E-state index is 12.7. The van der Waals surface area contributed by atoms with E-state index in [0.717, 1.165) is 5.56 Å². The molecule has 1 aromatic rings. The second-order valence-corrected chi connectivity index (χ2v) is 12.6. The molecule has 14 heteroatoms. The molecular weight excluding hydrogens is 536 g/mol. The molecule has 12 nitrogen and oxygen atoms in total. The predicted octanol–water partition coefficient (Wildman–Crippen LogP) is 0.327. The zero-order valence-corrected chi connectivity index (χ0v) is 23.3. The van der Waals surface area contributed by atoms with Crippen molar-refractivity contribution in [2.24, 2.45) is 17.0 Å². The van der Waals surface area contributed by atoms with Gasteiger partial charge >= 0.3 is 5.97 Å². The molecule has 2 saturated heterocycles. The highest BCUT2D eigenvalue weighted by Crippen LogP contribution is 2.52. The van der Waals surface area contributed by atoms with Crippen molar-refractivity contribution in [1.29, 1.82) is 0 Å². The third kappa shape index (κ3) is 5.38. The normalized spacial score (nSPS) is 28.3. The maximum Gasteiger partial charge on any atom is 0.353 e. The molecule has 0 spiro atoms. The molecule has 3 heterocycles. The lowest BCUT2D eigenvalue weighted by atomic mass is 9.79. The molecule has 0 unspecified atom stereocenters. The van der Waals surface area contributed by atoms with Crippen LogP contribution in [0.1, 0.15) is 25.8 Å². The van der Waals surface area contributed by atoms with Gasteiger partial charge in [0, 0.05) is 47.3 Å². The summed E-state index contributed by atoms with van der Waals surface area (Å²) >= 11 is 1.41. The molecule has 0 aromatic heterocycles. The number of ether oxygens (including phenoxy) is 2. The van der Waals surface area contributed by atoms with Crippen LogP contribution in [0, 0.1) is 11.8 Å². The average Bonchev–Trinajstić information content (AvgIpc) is 3.33. The molecule has 3 aliphatic heterocycles. The quantitative estimate of drug-likeness (QED) is 0.272. The van der Waals surface area contributed by atoms with Crippen LogP contribution in [0.5, 0.6) is 11.5 Å². The van der Waals surface area contributed by atoms with Gasteiger partial charge in [-0.25, -0.2) is 14.7 Å². The van der Waals surface area contributed by atoms with Gasteiger partial charge in [-0.1, -0.05) is 19.1 Å².